The molecule has 0 unspecified atom stereocenters. The first kappa shape index (κ1) is 19.2. The number of rotatable bonds is 6. The van der Waals surface area contributed by atoms with Gasteiger partial charge in [-0.15, -0.1) is 0 Å². The summed E-state index contributed by atoms with van der Waals surface area (Å²) in [6, 6.07) is 11.9. The van der Waals surface area contributed by atoms with E-state index in [2.05, 4.69) is 5.32 Å². The topological polar surface area (TPSA) is 55.4 Å². The van der Waals surface area contributed by atoms with Crippen molar-refractivity contribution in [2.75, 3.05) is 6.54 Å². The van der Waals surface area contributed by atoms with Crippen molar-refractivity contribution in [1.82, 2.24) is 5.32 Å². The minimum atomic E-state index is -4.50. The fraction of sp³-hybridized carbons (Fsp3) is 0.158. The number of carbonyl (C=O) groups is 2. The van der Waals surface area contributed by atoms with Gasteiger partial charge < -0.3 is 10.1 Å². The smallest absolute Gasteiger partial charge is 0.416 e. The van der Waals surface area contributed by atoms with Gasteiger partial charge in [0.05, 0.1) is 5.56 Å². The summed E-state index contributed by atoms with van der Waals surface area (Å²) >= 11 is 0. The molecule has 0 aliphatic rings. The minimum absolute atomic E-state index is 0.0438. The van der Waals surface area contributed by atoms with Crippen LogP contribution in [-0.4, -0.2) is 18.9 Å². The monoisotopic (exact) mass is 363 g/mol. The summed E-state index contributed by atoms with van der Waals surface area (Å²) in [5, 5.41) is 2.45. The van der Waals surface area contributed by atoms with Gasteiger partial charge in [-0.05, 0) is 23.3 Å². The number of ether oxygens (including phenoxy) is 1. The van der Waals surface area contributed by atoms with Crippen molar-refractivity contribution in [2.24, 2.45) is 0 Å². The Bertz CT molecular complexity index is 786. The van der Waals surface area contributed by atoms with Crippen molar-refractivity contribution in [3.05, 3.63) is 76.9 Å². The molecule has 7 heteroatoms. The molecule has 1 amide bonds. The molecular formula is C19H16F3NO3. The molecule has 0 fully saturated rings. The number of aldehydes is 1. The van der Waals surface area contributed by atoms with Gasteiger partial charge in [0.15, 0.2) is 6.29 Å². The lowest BCUT2D eigenvalue weighted by molar-refractivity contribution is -0.137. The average molecular weight is 363 g/mol. The number of carbonyl (C=O) groups excluding carboxylic acids is 2. The van der Waals surface area contributed by atoms with Crippen molar-refractivity contribution in [2.45, 2.75) is 12.8 Å². The summed E-state index contributed by atoms with van der Waals surface area (Å²) in [5.74, 6) is 0. The van der Waals surface area contributed by atoms with Crippen LogP contribution in [-0.2, 0) is 17.5 Å². The van der Waals surface area contributed by atoms with E-state index in [4.69, 9.17) is 4.74 Å². The highest BCUT2D eigenvalue weighted by atomic mass is 19.4. The summed E-state index contributed by atoms with van der Waals surface area (Å²) in [4.78, 5) is 22.5. The first-order valence-electron chi connectivity index (χ1n) is 7.67. The van der Waals surface area contributed by atoms with E-state index in [1.165, 1.54) is 12.2 Å². The molecular weight excluding hydrogens is 347 g/mol. The second kappa shape index (κ2) is 8.84. The van der Waals surface area contributed by atoms with E-state index in [1.54, 1.807) is 0 Å². The van der Waals surface area contributed by atoms with Crippen LogP contribution in [0.25, 0.3) is 6.08 Å². The molecule has 2 rings (SSSR count). The fourth-order valence-electron chi connectivity index (χ4n) is 2.11. The Kier molecular flexibility index (Phi) is 6.54. The Morgan fingerprint density at radius 2 is 1.81 bits per heavy atom. The van der Waals surface area contributed by atoms with Crippen LogP contribution in [0.3, 0.4) is 0 Å². The number of halogens is 3. The van der Waals surface area contributed by atoms with Gasteiger partial charge in [-0.2, -0.15) is 13.2 Å². The Balaban J connectivity index is 1.89. The molecule has 1 N–H and O–H groups in total. The minimum Gasteiger partial charge on any atom is -0.445 e. The van der Waals surface area contributed by atoms with Crippen LogP contribution in [0.5, 0.6) is 0 Å². The highest BCUT2D eigenvalue weighted by Gasteiger charge is 2.30. The molecule has 0 bridgehead atoms. The SMILES string of the molecule is O=Cc1ccc(C(F)(F)F)cc1C=CCNC(=O)OCc1ccccc1. The molecule has 4 nitrogen and oxygen atoms in total. The Morgan fingerprint density at radius 3 is 2.46 bits per heavy atom. The molecule has 2 aromatic carbocycles. The van der Waals surface area contributed by atoms with Crippen LogP contribution in [0, 0.1) is 0 Å². The van der Waals surface area contributed by atoms with Gasteiger partial charge in [0, 0.05) is 12.1 Å². The molecule has 2 aromatic rings. The third-order valence-corrected chi connectivity index (χ3v) is 3.42. The Labute approximate surface area is 148 Å². The predicted molar refractivity (Wildman–Crippen MR) is 90.5 cm³/mol. The first-order valence-corrected chi connectivity index (χ1v) is 7.67. The second-order valence-electron chi connectivity index (χ2n) is 5.30. The lowest BCUT2D eigenvalue weighted by Crippen LogP contribution is -2.24. The standard InChI is InChI=1S/C19H16F3NO3/c20-19(21,22)17-9-8-16(12-24)15(11-17)7-4-10-23-18(25)26-13-14-5-2-1-3-6-14/h1-9,11-12H,10,13H2,(H,23,25). The summed E-state index contributed by atoms with van der Waals surface area (Å²) in [7, 11) is 0. The molecule has 0 spiro atoms. The van der Waals surface area contributed by atoms with Gasteiger partial charge in [-0.25, -0.2) is 4.79 Å². The molecule has 0 heterocycles. The molecule has 136 valence electrons. The van der Waals surface area contributed by atoms with E-state index in [0.29, 0.717) is 6.29 Å². The molecule has 0 aliphatic heterocycles. The van der Waals surface area contributed by atoms with Gasteiger partial charge in [0.25, 0.3) is 0 Å². The number of hydrogen-bond acceptors (Lipinski definition) is 3. The second-order valence-corrected chi connectivity index (χ2v) is 5.30. The normalized spacial score (nSPS) is 11.3. The van der Waals surface area contributed by atoms with Gasteiger partial charge in [-0.3, -0.25) is 4.79 Å². The molecule has 0 aromatic heterocycles. The van der Waals surface area contributed by atoms with E-state index in [0.717, 1.165) is 23.8 Å². The third kappa shape index (κ3) is 5.77. The summed E-state index contributed by atoms with van der Waals surface area (Å²) in [6.07, 6.45) is -1.90. The largest absolute Gasteiger partial charge is 0.445 e. The van der Waals surface area contributed by atoms with Crippen LogP contribution >= 0.6 is 0 Å². The predicted octanol–water partition coefficient (Wildman–Crippen LogP) is 4.46. The van der Waals surface area contributed by atoms with Gasteiger partial charge in [-0.1, -0.05) is 48.6 Å². The van der Waals surface area contributed by atoms with Gasteiger partial charge >= 0.3 is 12.3 Å². The van der Waals surface area contributed by atoms with Gasteiger partial charge in [0.2, 0.25) is 0 Å². The number of alkyl carbamates (subject to hydrolysis) is 1. The summed E-state index contributed by atoms with van der Waals surface area (Å²) < 4.78 is 43.2. The Hall–Kier alpha value is -3.09. The number of amides is 1. The first-order chi connectivity index (χ1) is 12.4. The lowest BCUT2D eigenvalue weighted by Gasteiger charge is -2.09. The van der Waals surface area contributed by atoms with Crippen molar-refractivity contribution in [1.29, 1.82) is 0 Å². The van der Waals surface area contributed by atoms with E-state index in [-0.39, 0.29) is 24.3 Å². The van der Waals surface area contributed by atoms with Crippen molar-refractivity contribution in [3.63, 3.8) is 0 Å². The summed E-state index contributed by atoms with van der Waals surface area (Å²) in [6.45, 7) is 0.154. The van der Waals surface area contributed by atoms with Crippen molar-refractivity contribution >= 4 is 18.5 Å². The highest BCUT2D eigenvalue weighted by molar-refractivity contribution is 5.82. The lowest BCUT2D eigenvalue weighted by atomic mass is 10.0. The van der Waals surface area contributed by atoms with Crippen LogP contribution in [0.1, 0.15) is 27.0 Å². The fourth-order valence-corrected chi connectivity index (χ4v) is 2.11. The van der Waals surface area contributed by atoms with Crippen LogP contribution in [0.2, 0.25) is 0 Å². The maximum Gasteiger partial charge on any atom is 0.416 e. The number of hydrogen-bond donors (Lipinski definition) is 1. The number of benzene rings is 2. The molecule has 0 aliphatic carbocycles. The van der Waals surface area contributed by atoms with Crippen molar-refractivity contribution in [3.8, 4) is 0 Å². The summed E-state index contributed by atoms with van der Waals surface area (Å²) in [5.41, 5.74) is 0.228. The van der Waals surface area contributed by atoms with Crippen molar-refractivity contribution < 1.29 is 27.5 Å². The maximum absolute atomic E-state index is 12.7. The molecule has 0 saturated heterocycles. The molecule has 26 heavy (non-hydrogen) atoms. The maximum atomic E-state index is 12.7. The Morgan fingerprint density at radius 1 is 1.08 bits per heavy atom. The average Bonchev–Trinajstić information content (AvgIpc) is 2.63. The highest BCUT2D eigenvalue weighted by Crippen LogP contribution is 2.30. The molecule has 0 atom stereocenters. The van der Waals surface area contributed by atoms with E-state index < -0.39 is 17.8 Å². The zero-order valence-electron chi connectivity index (χ0n) is 13.6. The molecule has 0 saturated carbocycles. The van der Waals surface area contributed by atoms with E-state index >= 15 is 0 Å². The zero-order chi connectivity index (χ0) is 19.0. The van der Waals surface area contributed by atoms with E-state index in [9.17, 15) is 22.8 Å². The third-order valence-electron chi connectivity index (χ3n) is 3.42. The van der Waals surface area contributed by atoms with Crippen LogP contribution < -0.4 is 5.32 Å². The van der Waals surface area contributed by atoms with E-state index in [1.807, 2.05) is 30.3 Å². The van der Waals surface area contributed by atoms with Gasteiger partial charge in [0.1, 0.15) is 6.61 Å². The van der Waals surface area contributed by atoms with Crippen LogP contribution in [0.15, 0.2) is 54.6 Å². The quantitative estimate of drug-likeness (QED) is 0.771. The van der Waals surface area contributed by atoms with Crippen LogP contribution in [0.4, 0.5) is 18.0 Å². The zero-order valence-corrected chi connectivity index (χ0v) is 13.6. The molecule has 0 radical (unpaired) electrons. The number of alkyl halides is 3. The number of nitrogens with one attached hydrogen (secondary N) is 1.